The number of thiophene rings is 1. The van der Waals surface area contributed by atoms with Crippen LogP contribution >= 0.6 is 22.9 Å². The zero-order valence-corrected chi connectivity index (χ0v) is 18.0. The number of unbranched alkanes of at least 4 members (excludes halogenated alkanes) is 1. The monoisotopic (exact) mass is 454 g/mol. The zero-order chi connectivity index (χ0) is 21.6. The minimum Gasteiger partial charge on any atom is -0.449 e. The molecule has 3 aromatic heterocycles. The molecule has 0 aliphatic heterocycles. The molecule has 0 atom stereocenters. The third-order valence-corrected chi connectivity index (χ3v) is 5.69. The second-order valence-corrected chi connectivity index (χ2v) is 7.99. The van der Waals surface area contributed by atoms with Crippen molar-refractivity contribution in [3.8, 4) is 11.3 Å². The maximum Gasteiger partial charge on any atom is 0.411 e. The zero-order valence-electron chi connectivity index (χ0n) is 16.5. The minimum atomic E-state index is -0.519. The van der Waals surface area contributed by atoms with Gasteiger partial charge in [-0.25, -0.2) is 14.3 Å². The van der Waals surface area contributed by atoms with Gasteiger partial charge in [-0.2, -0.15) is 5.10 Å². The van der Waals surface area contributed by atoms with Gasteiger partial charge in [0, 0.05) is 23.3 Å². The van der Waals surface area contributed by atoms with Gasteiger partial charge in [-0.1, -0.05) is 18.2 Å². The molecule has 0 unspecified atom stereocenters. The van der Waals surface area contributed by atoms with Crippen LogP contribution in [0.4, 0.5) is 10.5 Å². The summed E-state index contributed by atoms with van der Waals surface area (Å²) in [4.78, 5) is 29.8. The van der Waals surface area contributed by atoms with Crippen LogP contribution in [0.1, 0.15) is 28.1 Å². The number of fused-ring (bicyclic) bond motifs is 1. The number of carbonyl (C=O) groups is 2. The van der Waals surface area contributed by atoms with E-state index in [2.05, 4.69) is 15.4 Å². The fourth-order valence-electron chi connectivity index (χ4n) is 3.08. The molecular weight excluding hydrogens is 436 g/mol. The van der Waals surface area contributed by atoms with Crippen molar-refractivity contribution in [1.82, 2.24) is 14.6 Å². The van der Waals surface area contributed by atoms with Crippen LogP contribution in [0.15, 0.2) is 60.2 Å². The highest BCUT2D eigenvalue weighted by Gasteiger charge is 2.18. The standard InChI is InChI=1S/C22H19ClN4O3S/c23-9-1-2-11-30-22(29)26-16-6-3-5-15(13-16)18-8-10-24-21-17(14-25-27(18)21)20(28)19-7-4-12-31-19/h3-8,10,12-14H,1-2,9,11H2,(H,26,29). The average Bonchev–Trinajstić information content (AvgIpc) is 3.46. The molecule has 1 aromatic carbocycles. The summed E-state index contributed by atoms with van der Waals surface area (Å²) in [6.07, 6.45) is 4.17. The van der Waals surface area contributed by atoms with Crippen molar-refractivity contribution >= 4 is 46.1 Å². The summed E-state index contributed by atoms with van der Waals surface area (Å²) in [5.74, 6) is 0.434. The van der Waals surface area contributed by atoms with Crippen LogP contribution < -0.4 is 5.32 Å². The van der Waals surface area contributed by atoms with Crippen molar-refractivity contribution in [3.05, 3.63) is 70.7 Å². The van der Waals surface area contributed by atoms with E-state index < -0.39 is 6.09 Å². The number of hydrogen-bond donors (Lipinski definition) is 1. The fraction of sp³-hybridized carbons (Fsp3) is 0.182. The first-order valence-corrected chi connectivity index (χ1v) is 11.1. The summed E-state index contributed by atoms with van der Waals surface area (Å²) in [5.41, 5.74) is 3.07. The number of aromatic nitrogens is 3. The molecule has 0 bridgehead atoms. The van der Waals surface area contributed by atoms with E-state index in [1.165, 1.54) is 17.5 Å². The minimum absolute atomic E-state index is 0.109. The SMILES string of the molecule is O=C(Nc1cccc(-c2ccnc3c(C(=O)c4cccs4)cnn23)c1)OCCCCCl. The van der Waals surface area contributed by atoms with E-state index in [-0.39, 0.29) is 5.78 Å². The Morgan fingerprint density at radius 2 is 2.06 bits per heavy atom. The van der Waals surface area contributed by atoms with Gasteiger partial charge in [0.25, 0.3) is 0 Å². The molecular formula is C22H19ClN4O3S. The smallest absolute Gasteiger partial charge is 0.411 e. The highest BCUT2D eigenvalue weighted by molar-refractivity contribution is 7.12. The molecule has 0 fully saturated rings. The van der Waals surface area contributed by atoms with Crippen LogP contribution in [0.25, 0.3) is 16.9 Å². The highest BCUT2D eigenvalue weighted by atomic mass is 35.5. The van der Waals surface area contributed by atoms with E-state index in [1.54, 1.807) is 22.8 Å². The lowest BCUT2D eigenvalue weighted by molar-refractivity contribution is 0.104. The molecule has 0 saturated carbocycles. The number of ether oxygens (including phenoxy) is 1. The topological polar surface area (TPSA) is 85.6 Å². The third-order valence-electron chi connectivity index (χ3n) is 4.56. The predicted molar refractivity (Wildman–Crippen MR) is 121 cm³/mol. The molecule has 4 rings (SSSR count). The van der Waals surface area contributed by atoms with E-state index in [1.807, 2.05) is 35.7 Å². The van der Waals surface area contributed by atoms with Crippen LogP contribution in [0.3, 0.4) is 0 Å². The lowest BCUT2D eigenvalue weighted by atomic mass is 10.1. The van der Waals surface area contributed by atoms with Crippen LogP contribution in [0.2, 0.25) is 0 Å². The van der Waals surface area contributed by atoms with Gasteiger partial charge in [0.05, 0.1) is 28.9 Å². The number of nitrogens with zero attached hydrogens (tertiary/aromatic N) is 3. The molecule has 7 nitrogen and oxygen atoms in total. The number of amides is 1. The number of benzene rings is 1. The number of alkyl halides is 1. The fourth-order valence-corrected chi connectivity index (χ4v) is 3.95. The lowest BCUT2D eigenvalue weighted by Gasteiger charge is -2.09. The Labute approximate surface area is 187 Å². The van der Waals surface area contributed by atoms with Crippen LogP contribution in [0, 0.1) is 0 Å². The Morgan fingerprint density at radius 3 is 2.87 bits per heavy atom. The van der Waals surface area contributed by atoms with Gasteiger partial charge in [-0.05, 0) is 42.5 Å². The van der Waals surface area contributed by atoms with Crippen molar-refractivity contribution < 1.29 is 14.3 Å². The van der Waals surface area contributed by atoms with E-state index in [0.29, 0.717) is 34.3 Å². The lowest BCUT2D eigenvalue weighted by Crippen LogP contribution is -2.14. The molecule has 0 aliphatic rings. The van der Waals surface area contributed by atoms with E-state index >= 15 is 0 Å². The predicted octanol–water partition coefficient (Wildman–Crippen LogP) is 5.26. The molecule has 1 N–H and O–H groups in total. The average molecular weight is 455 g/mol. The van der Waals surface area contributed by atoms with Gasteiger partial charge in [-0.15, -0.1) is 22.9 Å². The normalized spacial score (nSPS) is 10.9. The van der Waals surface area contributed by atoms with Gasteiger partial charge < -0.3 is 4.74 Å². The molecule has 1 amide bonds. The van der Waals surface area contributed by atoms with Gasteiger partial charge in [-0.3, -0.25) is 10.1 Å². The number of anilines is 1. The first-order valence-electron chi connectivity index (χ1n) is 9.68. The van der Waals surface area contributed by atoms with E-state index in [9.17, 15) is 9.59 Å². The summed E-state index contributed by atoms with van der Waals surface area (Å²) < 4.78 is 6.79. The molecule has 31 heavy (non-hydrogen) atoms. The van der Waals surface area contributed by atoms with Gasteiger partial charge in [0.2, 0.25) is 5.78 Å². The number of nitrogens with one attached hydrogen (secondary N) is 1. The number of ketones is 1. The van der Waals surface area contributed by atoms with Gasteiger partial charge in [0.1, 0.15) is 0 Å². The Balaban J connectivity index is 1.57. The number of rotatable bonds is 8. The van der Waals surface area contributed by atoms with Crippen molar-refractivity contribution in [2.24, 2.45) is 0 Å². The second kappa shape index (κ2) is 9.72. The summed E-state index contributed by atoms with van der Waals surface area (Å²) in [5, 5.41) is 8.98. The molecule has 0 aliphatic carbocycles. The Kier molecular flexibility index (Phi) is 6.59. The van der Waals surface area contributed by atoms with Crippen LogP contribution in [-0.4, -0.2) is 39.0 Å². The van der Waals surface area contributed by atoms with Gasteiger partial charge in [0.15, 0.2) is 5.65 Å². The molecule has 4 aromatic rings. The first kappa shape index (κ1) is 21.0. The quantitative estimate of drug-likeness (QED) is 0.223. The largest absolute Gasteiger partial charge is 0.449 e. The Morgan fingerprint density at radius 1 is 1.16 bits per heavy atom. The Hall–Kier alpha value is -3.23. The van der Waals surface area contributed by atoms with E-state index in [4.69, 9.17) is 16.3 Å². The first-order chi connectivity index (χ1) is 15.2. The maximum atomic E-state index is 12.8. The summed E-state index contributed by atoms with van der Waals surface area (Å²) in [6, 6.07) is 12.7. The molecule has 9 heteroatoms. The number of carbonyl (C=O) groups excluding carboxylic acids is 2. The number of halogens is 1. The number of hydrogen-bond acceptors (Lipinski definition) is 6. The van der Waals surface area contributed by atoms with Crippen molar-refractivity contribution in [3.63, 3.8) is 0 Å². The molecule has 0 radical (unpaired) electrons. The van der Waals surface area contributed by atoms with Crippen LogP contribution in [-0.2, 0) is 4.74 Å². The Bertz CT molecular complexity index is 1210. The third kappa shape index (κ3) is 4.76. The molecule has 0 saturated heterocycles. The van der Waals surface area contributed by atoms with Crippen molar-refractivity contribution in [2.75, 3.05) is 17.8 Å². The van der Waals surface area contributed by atoms with E-state index in [0.717, 1.165) is 24.1 Å². The maximum absolute atomic E-state index is 12.8. The summed E-state index contributed by atoms with van der Waals surface area (Å²) >= 11 is 7.00. The molecule has 0 spiro atoms. The summed E-state index contributed by atoms with van der Waals surface area (Å²) in [7, 11) is 0. The molecule has 3 heterocycles. The second-order valence-electron chi connectivity index (χ2n) is 6.67. The highest BCUT2D eigenvalue weighted by Crippen LogP contribution is 2.25. The molecule has 158 valence electrons. The van der Waals surface area contributed by atoms with Crippen molar-refractivity contribution in [2.45, 2.75) is 12.8 Å². The van der Waals surface area contributed by atoms with Gasteiger partial charge >= 0.3 is 6.09 Å². The summed E-state index contributed by atoms with van der Waals surface area (Å²) in [6.45, 7) is 0.317. The van der Waals surface area contributed by atoms with Crippen LogP contribution in [0.5, 0.6) is 0 Å². The van der Waals surface area contributed by atoms with Crippen molar-refractivity contribution in [1.29, 1.82) is 0 Å².